The molecule has 6 nitrogen and oxygen atoms in total. The first-order valence-corrected chi connectivity index (χ1v) is 11.8. The van der Waals surface area contributed by atoms with Gasteiger partial charge in [-0.2, -0.15) is 0 Å². The van der Waals surface area contributed by atoms with Crippen molar-refractivity contribution in [3.8, 4) is 0 Å². The van der Waals surface area contributed by atoms with E-state index in [1.165, 1.54) is 56.8 Å². The summed E-state index contributed by atoms with van der Waals surface area (Å²) in [6, 6.07) is 0.0946. The second-order valence-corrected chi connectivity index (χ2v) is 11.0. The first-order valence-electron chi connectivity index (χ1n) is 11.0. The Bertz CT molecular complexity index is 840. The molecule has 4 aliphatic rings. The molecule has 4 aliphatic carbocycles. The SMILES string of the molecule is CC(=O)Nc1sc(C)c(C)c1C(=O)OCC(=O)N[C@H](C)C12CC3CC(CC(C3)C1)C2. The zero-order valence-electron chi connectivity index (χ0n) is 18.3. The largest absolute Gasteiger partial charge is 0.452 e. The van der Waals surface area contributed by atoms with Crippen LogP contribution in [0.3, 0.4) is 0 Å². The van der Waals surface area contributed by atoms with Crippen molar-refractivity contribution in [3.63, 3.8) is 0 Å². The fourth-order valence-electron chi connectivity index (χ4n) is 6.47. The molecule has 2 N–H and O–H groups in total. The average Bonchev–Trinajstić information content (AvgIpc) is 2.91. The minimum atomic E-state index is -0.571. The van der Waals surface area contributed by atoms with Gasteiger partial charge in [0.05, 0.1) is 5.56 Å². The molecule has 0 unspecified atom stereocenters. The van der Waals surface area contributed by atoms with Crippen molar-refractivity contribution in [1.29, 1.82) is 0 Å². The number of hydrogen-bond acceptors (Lipinski definition) is 5. The van der Waals surface area contributed by atoms with Crippen molar-refractivity contribution >= 4 is 34.1 Å². The molecule has 0 saturated heterocycles. The molecular weight excluding hydrogens is 400 g/mol. The highest BCUT2D eigenvalue weighted by Gasteiger charge is 2.53. The molecule has 2 amide bonds. The minimum Gasteiger partial charge on any atom is -0.452 e. The predicted octanol–water partition coefficient (Wildman–Crippen LogP) is 4.20. The highest BCUT2D eigenvalue weighted by Crippen LogP contribution is 2.61. The number of carbonyl (C=O) groups excluding carboxylic acids is 3. The van der Waals surface area contributed by atoms with Crippen molar-refractivity contribution in [1.82, 2.24) is 5.32 Å². The van der Waals surface area contributed by atoms with Crippen LogP contribution in [0.1, 0.15) is 73.2 Å². The molecule has 164 valence electrons. The summed E-state index contributed by atoms with van der Waals surface area (Å²) in [5.74, 6) is 1.41. The van der Waals surface area contributed by atoms with Gasteiger partial charge in [0.2, 0.25) is 5.91 Å². The molecule has 1 heterocycles. The van der Waals surface area contributed by atoms with Crippen LogP contribution in [-0.4, -0.2) is 30.4 Å². The third kappa shape index (κ3) is 4.01. The minimum absolute atomic E-state index is 0.0946. The number of hydrogen-bond donors (Lipinski definition) is 2. The fourth-order valence-corrected chi connectivity index (χ4v) is 7.56. The van der Waals surface area contributed by atoms with Gasteiger partial charge in [-0.15, -0.1) is 11.3 Å². The molecule has 30 heavy (non-hydrogen) atoms. The maximum absolute atomic E-state index is 12.6. The zero-order chi connectivity index (χ0) is 21.6. The number of rotatable bonds is 6. The molecule has 0 radical (unpaired) electrons. The molecule has 5 rings (SSSR count). The standard InChI is InChI=1S/C23H32N2O4S/c1-12-13(2)30-21(25-15(4)26)20(12)22(28)29-11-19(27)24-14(3)23-8-16-5-17(9-23)7-18(6-16)10-23/h14,16-18H,5-11H2,1-4H3,(H,24,27)(H,25,26)/t14-,16?,17?,18?,23?/m1/s1. The van der Waals surface area contributed by atoms with Gasteiger partial charge < -0.3 is 15.4 Å². The van der Waals surface area contributed by atoms with Crippen molar-refractivity contribution in [3.05, 3.63) is 16.0 Å². The number of esters is 1. The Labute approximate surface area is 182 Å². The van der Waals surface area contributed by atoms with E-state index in [2.05, 4.69) is 17.6 Å². The summed E-state index contributed by atoms with van der Waals surface area (Å²) in [4.78, 5) is 37.6. The van der Waals surface area contributed by atoms with Crippen LogP contribution in [0.5, 0.6) is 0 Å². The number of thiophene rings is 1. The number of carbonyl (C=O) groups is 3. The quantitative estimate of drug-likeness (QED) is 0.660. The van der Waals surface area contributed by atoms with Gasteiger partial charge >= 0.3 is 5.97 Å². The smallest absolute Gasteiger partial charge is 0.341 e. The second kappa shape index (κ2) is 7.98. The lowest BCUT2D eigenvalue weighted by molar-refractivity contribution is -0.128. The lowest BCUT2D eigenvalue weighted by Gasteiger charge is -2.59. The molecule has 0 aliphatic heterocycles. The lowest BCUT2D eigenvalue weighted by Crippen LogP contribution is -2.56. The summed E-state index contributed by atoms with van der Waals surface area (Å²) in [7, 11) is 0. The van der Waals surface area contributed by atoms with Crippen LogP contribution < -0.4 is 10.6 Å². The molecule has 1 aromatic heterocycles. The monoisotopic (exact) mass is 432 g/mol. The van der Waals surface area contributed by atoms with Gasteiger partial charge in [0, 0.05) is 17.8 Å². The third-order valence-corrected chi connectivity index (χ3v) is 8.72. The number of ether oxygens (including phenoxy) is 1. The molecule has 1 atom stereocenters. The summed E-state index contributed by atoms with van der Waals surface area (Å²) < 4.78 is 5.33. The Morgan fingerprint density at radius 3 is 2.20 bits per heavy atom. The number of amides is 2. The molecule has 4 saturated carbocycles. The Hall–Kier alpha value is -1.89. The van der Waals surface area contributed by atoms with Crippen molar-refractivity contribution < 1.29 is 19.1 Å². The van der Waals surface area contributed by atoms with Gasteiger partial charge in [0.1, 0.15) is 5.00 Å². The number of anilines is 1. The van der Waals surface area contributed by atoms with Gasteiger partial charge in [-0.1, -0.05) is 0 Å². The van der Waals surface area contributed by atoms with E-state index >= 15 is 0 Å². The topological polar surface area (TPSA) is 84.5 Å². The maximum Gasteiger partial charge on any atom is 0.341 e. The van der Waals surface area contributed by atoms with Gasteiger partial charge in [-0.3, -0.25) is 9.59 Å². The molecule has 7 heteroatoms. The normalized spacial score (nSPS) is 30.1. The van der Waals surface area contributed by atoms with Gasteiger partial charge in [-0.25, -0.2) is 4.79 Å². The van der Waals surface area contributed by atoms with E-state index in [4.69, 9.17) is 4.74 Å². The van der Waals surface area contributed by atoms with E-state index in [1.54, 1.807) is 0 Å². The van der Waals surface area contributed by atoms with Gasteiger partial charge in [-0.05, 0) is 88.0 Å². The first-order chi connectivity index (χ1) is 14.2. The summed E-state index contributed by atoms with van der Waals surface area (Å²) in [6.45, 7) is 6.93. The van der Waals surface area contributed by atoms with Crippen LogP contribution >= 0.6 is 11.3 Å². The first kappa shape index (κ1) is 21.3. The van der Waals surface area contributed by atoms with Crippen molar-refractivity contribution in [2.24, 2.45) is 23.2 Å². The van der Waals surface area contributed by atoms with E-state index in [1.807, 2.05) is 13.8 Å². The Morgan fingerprint density at radius 2 is 1.67 bits per heavy atom. The molecule has 0 spiro atoms. The predicted molar refractivity (Wildman–Crippen MR) is 117 cm³/mol. The number of nitrogens with one attached hydrogen (secondary N) is 2. The summed E-state index contributed by atoms with van der Waals surface area (Å²) >= 11 is 1.34. The van der Waals surface area contributed by atoms with Crippen LogP contribution in [0, 0.1) is 37.0 Å². The van der Waals surface area contributed by atoms with Crippen LogP contribution in [0.25, 0.3) is 0 Å². The highest BCUT2D eigenvalue weighted by molar-refractivity contribution is 7.16. The van der Waals surface area contributed by atoms with E-state index in [0.29, 0.717) is 10.6 Å². The summed E-state index contributed by atoms with van der Waals surface area (Å²) in [5.41, 5.74) is 1.33. The molecule has 0 aromatic carbocycles. The van der Waals surface area contributed by atoms with Gasteiger partial charge in [0.15, 0.2) is 6.61 Å². The Balaban J connectivity index is 1.35. The molecular formula is C23H32N2O4S. The number of aryl methyl sites for hydroxylation is 1. The van der Waals surface area contributed by atoms with Crippen LogP contribution in [0.2, 0.25) is 0 Å². The lowest BCUT2D eigenvalue weighted by atomic mass is 9.48. The van der Waals surface area contributed by atoms with E-state index in [-0.39, 0.29) is 29.9 Å². The second-order valence-electron chi connectivity index (χ2n) is 9.81. The average molecular weight is 433 g/mol. The molecule has 4 bridgehead atoms. The van der Waals surface area contributed by atoms with Gasteiger partial charge in [0.25, 0.3) is 5.91 Å². The third-order valence-electron chi connectivity index (χ3n) is 7.60. The van der Waals surface area contributed by atoms with E-state index < -0.39 is 5.97 Å². The Kier molecular flexibility index (Phi) is 5.68. The van der Waals surface area contributed by atoms with E-state index in [0.717, 1.165) is 28.2 Å². The van der Waals surface area contributed by atoms with E-state index in [9.17, 15) is 14.4 Å². The highest BCUT2D eigenvalue weighted by atomic mass is 32.1. The summed E-state index contributed by atoms with van der Waals surface area (Å²) in [5, 5.41) is 6.29. The molecule has 4 fully saturated rings. The molecule has 1 aromatic rings. The van der Waals surface area contributed by atoms with Crippen molar-refractivity contribution in [2.75, 3.05) is 11.9 Å². The zero-order valence-corrected chi connectivity index (χ0v) is 19.1. The van der Waals surface area contributed by atoms with Crippen LogP contribution in [0.15, 0.2) is 0 Å². The van der Waals surface area contributed by atoms with Crippen molar-refractivity contribution in [2.45, 2.75) is 72.3 Å². The summed E-state index contributed by atoms with van der Waals surface area (Å²) in [6.07, 6.45) is 7.75. The maximum atomic E-state index is 12.6. The fraction of sp³-hybridized carbons (Fsp3) is 0.696. The Morgan fingerprint density at radius 1 is 1.10 bits per heavy atom. The van der Waals surface area contributed by atoms with Crippen LogP contribution in [-0.2, 0) is 14.3 Å². The van der Waals surface area contributed by atoms with Crippen LogP contribution in [0.4, 0.5) is 5.00 Å².